The van der Waals surface area contributed by atoms with Crippen LogP contribution in [0, 0.1) is 17.7 Å². The molecule has 1 fully saturated rings. The number of pyridine rings is 1. The van der Waals surface area contributed by atoms with Gasteiger partial charge in [0, 0.05) is 40.1 Å². The maximum Gasteiger partial charge on any atom is 0.308 e. The Balaban J connectivity index is 1.38. The lowest BCUT2D eigenvalue weighted by Crippen LogP contribution is -2.44. The van der Waals surface area contributed by atoms with Crippen molar-refractivity contribution in [2.45, 2.75) is 30.3 Å². The van der Waals surface area contributed by atoms with Crippen LogP contribution in [0.4, 0.5) is 4.39 Å². The second-order valence-electron chi connectivity index (χ2n) is 8.60. The Kier molecular flexibility index (Phi) is 8.41. The van der Waals surface area contributed by atoms with Gasteiger partial charge in [0.25, 0.3) is 0 Å². The van der Waals surface area contributed by atoms with E-state index in [1.54, 1.807) is 41.3 Å². The molecular weight excluding hydrogens is 475 g/mol. The highest BCUT2D eigenvalue weighted by Crippen LogP contribution is 2.35. The minimum atomic E-state index is -1.05. The molecule has 1 aliphatic heterocycles. The van der Waals surface area contributed by atoms with Gasteiger partial charge in [-0.25, -0.2) is 4.39 Å². The molecule has 0 aliphatic carbocycles. The lowest BCUT2D eigenvalue weighted by molar-refractivity contribution is -0.146. The number of thioether (sulfide) groups is 1. The van der Waals surface area contributed by atoms with E-state index >= 15 is 0 Å². The van der Waals surface area contributed by atoms with Gasteiger partial charge in [-0.1, -0.05) is 0 Å². The van der Waals surface area contributed by atoms with Crippen LogP contribution in [0.1, 0.15) is 30.9 Å². The van der Waals surface area contributed by atoms with Gasteiger partial charge in [-0.2, -0.15) is 11.3 Å². The molecule has 0 bridgehead atoms. The molecule has 0 amide bonds. The molecule has 4 rings (SSSR count). The number of hydrogen-bond acceptors (Lipinski definition) is 7. The largest absolute Gasteiger partial charge is 0.497 e. The second kappa shape index (κ2) is 11.5. The van der Waals surface area contributed by atoms with Gasteiger partial charge in [0.15, 0.2) is 0 Å². The van der Waals surface area contributed by atoms with E-state index in [0.717, 1.165) is 31.5 Å². The van der Waals surface area contributed by atoms with Gasteiger partial charge in [0.1, 0.15) is 11.6 Å². The molecule has 0 radical (unpaired) electrons. The second-order valence-corrected chi connectivity index (χ2v) is 10.5. The van der Waals surface area contributed by atoms with Crippen molar-refractivity contribution in [2.75, 3.05) is 32.5 Å². The first-order valence-electron chi connectivity index (χ1n) is 11.4. The summed E-state index contributed by atoms with van der Waals surface area (Å²) in [7, 11) is 1.53. The number of hydrogen-bond donors (Lipinski definition) is 2. The number of nitrogens with zero attached hydrogens (tertiary/aromatic N) is 2. The Hall–Kier alpha value is -2.20. The average Bonchev–Trinajstić information content (AvgIpc) is 3.36. The summed E-state index contributed by atoms with van der Waals surface area (Å²) in [5.41, 5.74) is 0.770. The number of ether oxygens (including phenoxy) is 1. The highest BCUT2D eigenvalue weighted by atomic mass is 32.2. The Bertz CT molecular complexity index is 1110. The van der Waals surface area contributed by atoms with Crippen molar-refractivity contribution in [3.8, 4) is 5.75 Å². The van der Waals surface area contributed by atoms with E-state index < -0.39 is 23.8 Å². The number of halogens is 1. The van der Waals surface area contributed by atoms with E-state index in [-0.39, 0.29) is 17.9 Å². The molecule has 34 heavy (non-hydrogen) atoms. The maximum atomic E-state index is 14.7. The first-order chi connectivity index (χ1) is 16.5. The number of benzene rings is 1. The zero-order valence-corrected chi connectivity index (χ0v) is 20.7. The van der Waals surface area contributed by atoms with Crippen LogP contribution in [0.25, 0.3) is 10.9 Å². The molecule has 3 heterocycles. The van der Waals surface area contributed by atoms with Gasteiger partial charge in [-0.05, 0) is 61.4 Å². The zero-order chi connectivity index (χ0) is 24.1. The van der Waals surface area contributed by atoms with Crippen molar-refractivity contribution < 1.29 is 24.1 Å². The molecule has 6 nitrogen and oxygen atoms in total. The number of aliphatic hydroxyl groups is 1. The van der Waals surface area contributed by atoms with Crippen LogP contribution < -0.4 is 4.74 Å². The monoisotopic (exact) mass is 504 g/mol. The standard InChI is InChI=1S/C25H29FN2O4S2/c1-32-17-3-4-22-19(12-17)24(21(26)13-27-22)23(29)5-2-16-6-8-28(14-20(16)25(30)31)9-11-34-18-7-10-33-15-18/h3-4,7,10,12-13,15-16,20,23,29H,2,5-6,8-9,11,14H2,1H3,(H,30,31). The number of aliphatic carboxylic acids is 1. The van der Waals surface area contributed by atoms with Gasteiger partial charge in [0.2, 0.25) is 0 Å². The fraction of sp³-hybridized carbons (Fsp3) is 0.440. The van der Waals surface area contributed by atoms with Crippen LogP contribution in [0.5, 0.6) is 5.75 Å². The highest BCUT2D eigenvalue weighted by Gasteiger charge is 2.34. The lowest BCUT2D eigenvalue weighted by atomic mass is 9.81. The number of aromatic nitrogens is 1. The number of carboxylic acids is 1. The predicted molar refractivity (Wildman–Crippen MR) is 133 cm³/mol. The number of likely N-dealkylation sites (tertiary alicyclic amines) is 1. The van der Waals surface area contributed by atoms with Crippen molar-refractivity contribution in [1.29, 1.82) is 0 Å². The summed E-state index contributed by atoms with van der Waals surface area (Å²) < 4.78 is 19.9. The van der Waals surface area contributed by atoms with Crippen LogP contribution in [-0.4, -0.2) is 58.6 Å². The van der Waals surface area contributed by atoms with E-state index in [4.69, 9.17) is 4.74 Å². The Morgan fingerprint density at radius 3 is 3.00 bits per heavy atom. The molecule has 1 aromatic carbocycles. The van der Waals surface area contributed by atoms with E-state index in [1.807, 2.05) is 0 Å². The van der Waals surface area contributed by atoms with Crippen molar-refractivity contribution in [2.24, 2.45) is 11.8 Å². The van der Waals surface area contributed by atoms with Crippen molar-refractivity contribution in [3.63, 3.8) is 0 Å². The fourth-order valence-electron chi connectivity index (χ4n) is 4.67. The Morgan fingerprint density at radius 2 is 2.26 bits per heavy atom. The van der Waals surface area contributed by atoms with E-state index in [2.05, 4.69) is 26.7 Å². The SMILES string of the molecule is COc1ccc2ncc(F)c(C(O)CCC3CCN(CCSc4ccsc4)CC3C(=O)O)c2c1. The average molecular weight is 505 g/mol. The Morgan fingerprint density at radius 1 is 1.41 bits per heavy atom. The number of carboxylic acid groups (broad SMARTS) is 1. The Labute approximate surface area is 206 Å². The van der Waals surface area contributed by atoms with Crippen LogP contribution in [0.3, 0.4) is 0 Å². The molecule has 3 unspecified atom stereocenters. The number of methoxy groups -OCH3 is 1. The van der Waals surface area contributed by atoms with Gasteiger partial charge >= 0.3 is 5.97 Å². The summed E-state index contributed by atoms with van der Waals surface area (Å²) in [6.07, 6.45) is 1.63. The first kappa shape index (κ1) is 24.9. The molecule has 0 spiro atoms. The van der Waals surface area contributed by atoms with E-state index in [9.17, 15) is 19.4 Å². The van der Waals surface area contributed by atoms with Crippen molar-refractivity contribution in [3.05, 3.63) is 52.6 Å². The third kappa shape index (κ3) is 5.89. The van der Waals surface area contributed by atoms with Crippen LogP contribution in [0.2, 0.25) is 0 Å². The molecule has 3 atom stereocenters. The fourth-order valence-corrected chi connectivity index (χ4v) is 6.46. The highest BCUT2D eigenvalue weighted by molar-refractivity contribution is 7.99. The number of fused-ring (bicyclic) bond motifs is 1. The molecule has 9 heteroatoms. The van der Waals surface area contributed by atoms with Crippen LogP contribution >= 0.6 is 23.1 Å². The summed E-state index contributed by atoms with van der Waals surface area (Å²) in [5, 5.41) is 25.4. The van der Waals surface area contributed by atoms with Crippen LogP contribution in [0.15, 0.2) is 46.1 Å². The minimum absolute atomic E-state index is 0.0568. The summed E-state index contributed by atoms with van der Waals surface area (Å²) in [5.74, 6) is -0.445. The third-order valence-corrected chi connectivity index (χ3v) is 8.35. The molecule has 2 N–H and O–H groups in total. The first-order valence-corrected chi connectivity index (χ1v) is 13.3. The normalized spacial score (nSPS) is 19.9. The summed E-state index contributed by atoms with van der Waals surface area (Å²) in [4.78, 5) is 19.6. The number of thiophene rings is 1. The number of aliphatic hydroxyl groups excluding tert-OH is 1. The number of carbonyl (C=O) groups is 1. The van der Waals surface area contributed by atoms with Gasteiger partial charge in [-0.15, -0.1) is 11.8 Å². The number of piperidine rings is 1. The summed E-state index contributed by atoms with van der Waals surface area (Å²) in [6, 6.07) is 7.25. The lowest BCUT2D eigenvalue weighted by Gasteiger charge is -2.37. The molecule has 182 valence electrons. The van der Waals surface area contributed by atoms with Gasteiger partial charge < -0.3 is 19.8 Å². The van der Waals surface area contributed by atoms with Gasteiger partial charge in [-0.3, -0.25) is 9.78 Å². The molecule has 1 saturated heterocycles. The molecule has 3 aromatic rings. The van der Waals surface area contributed by atoms with Gasteiger partial charge in [0.05, 0.1) is 30.8 Å². The van der Waals surface area contributed by atoms with Crippen LogP contribution in [-0.2, 0) is 4.79 Å². The van der Waals surface area contributed by atoms with Crippen molar-refractivity contribution in [1.82, 2.24) is 9.88 Å². The zero-order valence-electron chi connectivity index (χ0n) is 19.0. The van der Waals surface area contributed by atoms with E-state index in [0.29, 0.717) is 29.6 Å². The van der Waals surface area contributed by atoms with Crippen molar-refractivity contribution >= 4 is 40.0 Å². The molecule has 2 aromatic heterocycles. The molecule has 0 saturated carbocycles. The topological polar surface area (TPSA) is 82.9 Å². The van der Waals surface area contributed by atoms with E-state index in [1.165, 1.54) is 12.0 Å². The maximum absolute atomic E-state index is 14.7. The smallest absolute Gasteiger partial charge is 0.308 e. The quantitative estimate of drug-likeness (QED) is 0.373. The summed E-state index contributed by atoms with van der Waals surface area (Å²) in [6.45, 7) is 2.18. The number of rotatable bonds is 10. The summed E-state index contributed by atoms with van der Waals surface area (Å²) >= 11 is 3.46. The third-order valence-electron chi connectivity index (χ3n) is 6.54. The predicted octanol–water partition coefficient (Wildman–Crippen LogP) is 5.07. The minimum Gasteiger partial charge on any atom is -0.497 e. The molecular formula is C25H29FN2O4S2. The molecule has 1 aliphatic rings.